The highest BCUT2D eigenvalue weighted by Crippen LogP contribution is 2.26. The Morgan fingerprint density at radius 3 is 2.82 bits per heavy atom. The third-order valence-corrected chi connectivity index (χ3v) is 3.12. The van der Waals surface area contributed by atoms with Crippen molar-refractivity contribution in [1.82, 2.24) is 4.98 Å². The molecule has 0 unspecified atom stereocenters. The van der Waals surface area contributed by atoms with Crippen molar-refractivity contribution in [3.8, 4) is 0 Å². The standard InChI is InChI=1S/C13H21N3O/c1-3-4-15-11-5-12(9-14-8-11)16-10-6-13(7-10)17-2/h5,8-10,13,15-16H,3-4,6-7H2,1-2H3. The number of hydrogen-bond donors (Lipinski definition) is 2. The first-order valence-electron chi connectivity index (χ1n) is 6.30. The van der Waals surface area contributed by atoms with Gasteiger partial charge in [0.15, 0.2) is 0 Å². The van der Waals surface area contributed by atoms with Crippen LogP contribution in [0.1, 0.15) is 26.2 Å². The van der Waals surface area contributed by atoms with Crippen LogP contribution >= 0.6 is 0 Å². The molecule has 0 radical (unpaired) electrons. The molecular formula is C13H21N3O. The maximum Gasteiger partial charge on any atom is 0.0610 e. The summed E-state index contributed by atoms with van der Waals surface area (Å²) in [7, 11) is 1.78. The van der Waals surface area contributed by atoms with Gasteiger partial charge in [0.1, 0.15) is 0 Å². The fourth-order valence-corrected chi connectivity index (χ4v) is 2.00. The highest BCUT2D eigenvalue weighted by Gasteiger charge is 2.28. The molecule has 0 saturated heterocycles. The highest BCUT2D eigenvalue weighted by molar-refractivity contribution is 5.54. The monoisotopic (exact) mass is 235 g/mol. The lowest BCUT2D eigenvalue weighted by atomic mass is 9.89. The molecular weight excluding hydrogens is 214 g/mol. The number of rotatable bonds is 6. The van der Waals surface area contributed by atoms with E-state index >= 15 is 0 Å². The highest BCUT2D eigenvalue weighted by atomic mass is 16.5. The summed E-state index contributed by atoms with van der Waals surface area (Å²) in [6.07, 6.45) is 7.46. The van der Waals surface area contributed by atoms with Crippen LogP contribution < -0.4 is 10.6 Å². The van der Waals surface area contributed by atoms with E-state index in [0.29, 0.717) is 12.1 Å². The van der Waals surface area contributed by atoms with Crippen molar-refractivity contribution in [2.24, 2.45) is 0 Å². The van der Waals surface area contributed by atoms with Gasteiger partial charge in [0, 0.05) is 19.7 Å². The topological polar surface area (TPSA) is 46.2 Å². The van der Waals surface area contributed by atoms with Crippen LogP contribution in [0.5, 0.6) is 0 Å². The quantitative estimate of drug-likeness (QED) is 0.795. The van der Waals surface area contributed by atoms with Crippen LogP contribution in [0.2, 0.25) is 0 Å². The molecule has 1 aliphatic carbocycles. The van der Waals surface area contributed by atoms with Gasteiger partial charge in [-0.3, -0.25) is 4.98 Å². The van der Waals surface area contributed by atoms with Gasteiger partial charge >= 0.3 is 0 Å². The minimum Gasteiger partial charge on any atom is -0.384 e. The number of nitrogens with one attached hydrogen (secondary N) is 2. The van der Waals surface area contributed by atoms with Gasteiger partial charge in [-0.25, -0.2) is 0 Å². The average Bonchev–Trinajstić information content (AvgIpc) is 2.31. The summed E-state index contributed by atoms with van der Waals surface area (Å²) < 4.78 is 5.26. The summed E-state index contributed by atoms with van der Waals surface area (Å²) in [6, 6.07) is 2.64. The van der Waals surface area contributed by atoms with E-state index in [1.807, 2.05) is 12.4 Å². The van der Waals surface area contributed by atoms with E-state index in [2.05, 4.69) is 28.6 Å². The van der Waals surface area contributed by atoms with Crippen molar-refractivity contribution < 1.29 is 4.74 Å². The lowest BCUT2D eigenvalue weighted by Crippen LogP contribution is -2.40. The third kappa shape index (κ3) is 3.33. The number of hydrogen-bond acceptors (Lipinski definition) is 4. The van der Waals surface area contributed by atoms with Crippen LogP contribution in [0.3, 0.4) is 0 Å². The molecule has 1 aliphatic rings. The van der Waals surface area contributed by atoms with Crippen LogP contribution in [0, 0.1) is 0 Å². The van der Waals surface area contributed by atoms with E-state index in [-0.39, 0.29) is 0 Å². The molecule has 2 N–H and O–H groups in total. The Labute approximate surface area is 103 Å². The van der Waals surface area contributed by atoms with Gasteiger partial charge in [-0.2, -0.15) is 0 Å². The van der Waals surface area contributed by atoms with Crippen molar-refractivity contribution in [2.45, 2.75) is 38.3 Å². The first-order valence-corrected chi connectivity index (χ1v) is 6.30. The van der Waals surface area contributed by atoms with Gasteiger partial charge in [-0.15, -0.1) is 0 Å². The lowest BCUT2D eigenvalue weighted by molar-refractivity contribution is 0.0328. The Hall–Kier alpha value is -1.29. The SMILES string of the molecule is CCCNc1cncc(NC2CC(OC)C2)c1. The van der Waals surface area contributed by atoms with Crippen molar-refractivity contribution >= 4 is 11.4 Å². The zero-order chi connectivity index (χ0) is 12.1. The minimum atomic E-state index is 0.432. The predicted octanol–water partition coefficient (Wildman–Crippen LogP) is 2.49. The molecule has 17 heavy (non-hydrogen) atoms. The van der Waals surface area contributed by atoms with Gasteiger partial charge in [-0.05, 0) is 25.3 Å². The summed E-state index contributed by atoms with van der Waals surface area (Å²) in [4.78, 5) is 4.23. The second-order valence-electron chi connectivity index (χ2n) is 4.56. The van der Waals surface area contributed by atoms with Gasteiger partial charge in [0.2, 0.25) is 0 Å². The Balaban J connectivity index is 1.84. The maximum atomic E-state index is 5.26. The number of methoxy groups -OCH3 is 1. The molecule has 0 bridgehead atoms. The molecule has 0 aliphatic heterocycles. The Morgan fingerprint density at radius 2 is 2.12 bits per heavy atom. The molecule has 0 aromatic carbocycles. The predicted molar refractivity (Wildman–Crippen MR) is 70.5 cm³/mol. The largest absolute Gasteiger partial charge is 0.384 e. The van der Waals surface area contributed by atoms with Gasteiger partial charge in [0.05, 0.1) is 29.9 Å². The Kier molecular flexibility index (Phi) is 4.20. The van der Waals surface area contributed by atoms with E-state index in [1.54, 1.807) is 7.11 Å². The van der Waals surface area contributed by atoms with Crippen LogP contribution in [-0.2, 0) is 4.74 Å². The fraction of sp³-hybridized carbons (Fsp3) is 0.615. The number of anilines is 2. The number of aromatic nitrogens is 1. The molecule has 1 fully saturated rings. The summed E-state index contributed by atoms with van der Waals surface area (Å²) in [6.45, 7) is 3.14. The van der Waals surface area contributed by atoms with E-state index in [1.165, 1.54) is 0 Å². The molecule has 2 rings (SSSR count). The maximum absolute atomic E-state index is 5.26. The first kappa shape index (κ1) is 12.2. The van der Waals surface area contributed by atoms with E-state index in [0.717, 1.165) is 37.2 Å². The third-order valence-electron chi connectivity index (χ3n) is 3.12. The summed E-state index contributed by atoms with van der Waals surface area (Å²) >= 11 is 0. The van der Waals surface area contributed by atoms with Gasteiger partial charge in [-0.1, -0.05) is 6.92 Å². The molecule has 0 amide bonds. The molecule has 4 nitrogen and oxygen atoms in total. The Morgan fingerprint density at radius 1 is 1.35 bits per heavy atom. The molecule has 1 aromatic heterocycles. The number of pyridine rings is 1. The second-order valence-corrected chi connectivity index (χ2v) is 4.56. The summed E-state index contributed by atoms with van der Waals surface area (Å²) in [5, 5.41) is 6.81. The van der Waals surface area contributed by atoms with Gasteiger partial charge < -0.3 is 15.4 Å². The molecule has 1 heterocycles. The lowest BCUT2D eigenvalue weighted by Gasteiger charge is -2.35. The Bertz CT molecular complexity index is 350. The fourth-order valence-electron chi connectivity index (χ4n) is 2.00. The molecule has 94 valence electrons. The average molecular weight is 235 g/mol. The van der Waals surface area contributed by atoms with Crippen molar-refractivity contribution in [1.29, 1.82) is 0 Å². The van der Waals surface area contributed by atoms with Crippen LogP contribution in [0.4, 0.5) is 11.4 Å². The molecule has 0 spiro atoms. The summed E-state index contributed by atoms with van der Waals surface area (Å²) in [5.74, 6) is 0. The van der Waals surface area contributed by atoms with Gasteiger partial charge in [0.25, 0.3) is 0 Å². The van der Waals surface area contributed by atoms with Crippen molar-refractivity contribution in [2.75, 3.05) is 24.3 Å². The zero-order valence-corrected chi connectivity index (χ0v) is 10.6. The zero-order valence-electron chi connectivity index (χ0n) is 10.6. The first-order chi connectivity index (χ1) is 8.31. The van der Waals surface area contributed by atoms with E-state index in [4.69, 9.17) is 4.74 Å². The van der Waals surface area contributed by atoms with E-state index in [9.17, 15) is 0 Å². The number of nitrogens with zero attached hydrogens (tertiary/aromatic N) is 1. The van der Waals surface area contributed by atoms with Crippen LogP contribution in [0.15, 0.2) is 18.5 Å². The van der Waals surface area contributed by atoms with E-state index < -0.39 is 0 Å². The van der Waals surface area contributed by atoms with Crippen LogP contribution in [-0.4, -0.2) is 30.8 Å². The van der Waals surface area contributed by atoms with Crippen molar-refractivity contribution in [3.05, 3.63) is 18.5 Å². The molecule has 1 saturated carbocycles. The molecule has 1 aromatic rings. The number of ether oxygens (including phenoxy) is 1. The normalized spacial score (nSPS) is 22.9. The smallest absolute Gasteiger partial charge is 0.0610 e. The second kappa shape index (κ2) is 5.87. The van der Waals surface area contributed by atoms with Crippen LogP contribution in [0.25, 0.3) is 0 Å². The molecule has 4 heteroatoms. The molecule has 0 atom stereocenters. The summed E-state index contributed by atoms with van der Waals surface area (Å²) in [5.41, 5.74) is 2.17. The van der Waals surface area contributed by atoms with Crippen molar-refractivity contribution in [3.63, 3.8) is 0 Å². The minimum absolute atomic E-state index is 0.432.